The van der Waals surface area contributed by atoms with E-state index < -0.39 is 19.8 Å². The van der Waals surface area contributed by atoms with Crippen LogP contribution in [-0.4, -0.2) is 38.4 Å². The third kappa shape index (κ3) is 14.0. The van der Waals surface area contributed by atoms with E-state index in [9.17, 15) is 14.2 Å². The quantitative estimate of drug-likeness (QED) is 0.0935. The molecule has 0 aliphatic heterocycles. The maximum atomic E-state index is 13.2. The number of benzene rings is 1. The van der Waals surface area contributed by atoms with Crippen LogP contribution < -0.4 is 0 Å². The third-order valence-electron chi connectivity index (χ3n) is 4.88. The number of phosphoric ester groups is 1. The highest BCUT2D eigenvalue weighted by Gasteiger charge is 2.26. The predicted molar refractivity (Wildman–Crippen MR) is 135 cm³/mol. The van der Waals surface area contributed by atoms with Gasteiger partial charge in [-0.1, -0.05) is 37.4 Å². The number of esters is 2. The highest BCUT2D eigenvalue weighted by molar-refractivity contribution is 7.48. The standard InChI is InChI=1S/C26H39O8P/c1-21(2)25(27)30-16-10-6-12-18-32-35(29,34-20-24-15-9-8-14-23(24)5)33-19-13-7-11-17-31-26(28)22(3)4/h8-9,14-15H,1,3,6-7,10-13,16-20H2,2,4-5H3. The summed E-state index contributed by atoms with van der Waals surface area (Å²) < 4.78 is 40.0. The largest absolute Gasteiger partial charge is 0.475 e. The molecule has 1 aromatic rings. The van der Waals surface area contributed by atoms with Gasteiger partial charge in [-0.2, -0.15) is 0 Å². The average Bonchev–Trinajstić information content (AvgIpc) is 2.82. The zero-order valence-electron chi connectivity index (χ0n) is 21.2. The first-order valence-corrected chi connectivity index (χ1v) is 13.3. The Hall–Kier alpha value is -2.25. The van der Waals surface area contributed by atoms with Crippen molar-refractivity contribution >= 4 is 19.8 Å². The first-order valence-electron chi connectivity index (χ1n) is 11.9. The van der Waals surface area contributed by atoms with Gasteiger partial charge in [-0.15, -0.1) is 0 Å². The summed E-state index contributed by atoms with van der Waals surface area (Å²) in [6, 6.07) is 7.66. The summed E-state index contributed by atoms with van der Waals surface area (Å²) >= 11 is 0. The van der Waals surface area contributed by atoms with Gasteiger partial charge in [-0.05, 0) is 70.4 Å². The van der Waals surface area contributed by atoms with Gasteiger partial charge in [0.25, 0.3) is 0 Å². The van der Waals surface area contributed by atoms with Gasteiger partial charge < -0.3 is 9.47 Å². The zero-order chi connectivity index (χ0) is 26.1. The number of phosphoric acid groups is 1. The highest BCUT2D eigenvalue weighted by Crippen LogP contribution is 2.50. The first-order chi connectivity index (χ1) is 16.6. The van der Waals surface area contributed by atoms with E-state index in [1.807, 2.05) is 31.2 Å². The van der Waals surface area contributed by atoms with Crippen LogP contribution in [0.4, 0.5) is 0 Å². The number of ether oxygens (including phenoxy) is 2. The fourth-order valence-corrected chi connectivity index (χ4v) is 3.95. The van der Waals surface area contributed by atoms with Crippen LogP contribution in [0.2, 0.25) is 0 Å². The first kappa shape index (κ1) is 30.8. The molecule has 35 heavy (non-hydrogen) atoms. The minimum atomic E-state index is -3.77. The molecule has 1 rings (SSSR count). The van der Waals surface area contributed by atoms with Gasteiger partial charge in [0, 0.05) is 11.1 Å². The monoisotopic (exact) mass is 510 g/mol. The van der Waals surface area contributed by atoms with Crippen molar-refractivity contribution in [3.8, 4) is 0 Å². The van der Waals surface area contributed by atoms with Crippen LogP contribution in [-0.2, 0) is 43.8 Å². The molecule has 0 unspecified atom stereocenters. The molecule has 0 radical (unpaired) electrons. The number of unbranched alkanes of at least 4 members (excludes halogenated alkanes) is 4. The second kappa shape index (κ2) is 17.2. The van der Waals surface area contributed by atoms with Gasteiger partial charge in [-0.25, -0.2) is 14.2 Å². The van der Waals surface area contributed by atoms with Crippen molar-refractivity contribution < 1.29 is 37.2 Å². The average molecular weight is 511 g/mol. The van der Waals surface area contributed by atoms with Crippen LogP contribution in [0, 0.1) is 6.92 Å². The molecule has 0 aromatic heterocycles. The lowest BCUT2D eigenvalue weighted by molar-refractivity contribution is -0.139. The molecular weight excluding hydrogens is 471 g/mol. The highest BCUT2D eigenvalue weighted by atomic mass is 31.2. The molecule has 0 aliphatic rings. The van der Waals surface area contributed by atoms with Crippen LogP contribution in [0.25, 0.3) is 0 Å². The Morgan fingerprint density at radius 1 is 0.743 bits per heavy atom. The van der Waals surface area contributed by atoms with Crippen LogP contribution in [0.3, 0.4) is 0 Å². The van der Waals surface area contributed by atoms with E-state index in [-0.39, 0.29) is 19.8 Å². The summed E-state index contributed by atoms with van der Waals surface area (Å²) in [5.74, 6) is -0.810. The number of carbonyl (C=O) groups is 2. The second-order valence-corrected chi connectivity index (χ2v) is 9.94. The smallest absolute Gasteiger partial charge is 0.462 e. The molecule has 8 nitrogen and oxygen atoms in total. The van der Waals surface area contributed by atoms with Gasteiger partial charge >= 0.3 is 19.8 Å². The summed E-state index contributed by atoms with van der Waals surface area (Å²) in [7, 11) is -3.77. The Kier molecular flexibility index (Phi) is 15.1. The van der Waals surface area contributed by atoms with Crippen LogP contribution in [0.15, 0.2) is 48.6 Å². The van der Waals surface area contributed by atoms with Crippen molar-refractivity contribution in [2.75, 3.05) is 26.4 Å². The van der Waals surface area contributed by atoms with Crippen LogP contribution in [0.1, 0.15) is 63.5 Å². The topological polar surface area (TPSA) is 97.4 Å². The third-order valence-corrected chi connectivity index (χ3v) is 6.32. The fraction of sp³-hybridized carbons (Fsp3) is 0.538. The molecule has 0 saturated carbocycles. The van der Waals surface area contributed by atoms with Gasteiger partial charge in [0.15, 0.2) is 0 Å². The Morgan fingerprint density at radius 3 is 1.66 bits per heavy atom. The van der Waals surface area contributed by atoms with E-state index >= 15 is 0 Å². The van der Waals surface area contributed by atoms with Gasteiger partial charge in [0.1, 0.15) is 0 Å². The molecule has 0 bridgehead atoms. The molecule has 0 aliphatic carbocycles. The number of hydrogen-bond acceptors (Lipinski definition) is 8. The molecule has 9 heteroatoms. The van der Waals surface area contributed by atoms with E-state index in [1.165, 1.54) is 0 Å². The number of rotatable bonds is 19. The van der Waals surface area contributed by atoms with E-state index in [0.717, 1.165) is 24.0 Å². The molecule has 0 N–H and O–H groups in total. The fourth-order valence-electron chi connectivity index (χ4n) is 2.72. The molecule has 0 amide bonds. The van der Waals surface area contributed by atoms with Crippen molar-refractivity contribution in [2.24, 2.45) is 0 Å². The lowest BCUT2D eigenvalue weighted by Crippen LogP contribution is -2.07. The van der Waals surface area contributed by atoms with E-state index in [0.29, 0.717) is 50.0 Å². The molecule has 0 heterocycles. The Morgan fingerprint density at radius 2 is 1.20 bits per heavy atom. The van der Waals surface area contributed by atoms with Crippen molar-refractivity contribution in [3.05, 3.63) is 59.7 Å². The lowest BCUT2D eigenvalue weighted by atomic mass is 10.1. The molecular formula is C26H39O8P. The van der Waals surface area contributed by atoms with Gasteiger partial charge in [-0.3, -0.25) is 13.6 Å². The molecule has 0 atom stereocenters. The minimum Gasteiger partial charge on any atom is -0.462 e. The van der Waals surface area contributed by atoms with Crippen LogP contribution >= 0.6 is 7.82 Å². The summed E-state index contributed by atoms with van der Waals surface area (Å²) in [4.78, 5) is 22.7. The second-order valence-electron chi connectivity index (χ2n) is 8.27. The molecule has 196 valence electrons. The molecule has 0 spiro atoms. The molecule has 0 fully saturated rings. The number of carbonyl (C=O) groups excluding carboxylic acids is 2. The predicted octanol–water partition coefficient (Wildman–Crippen LogP) is 6.23. The van der Waals surface area contributed by atoms with E-state index in [2.05, 4.69) is 13.2 Å². The Labute approximate surface area is 209 Å². The van der Waals surface area contributed by atoms with Crippen molar-refractivity contribution in [3.63, 3.8) is 0 Å². The van der Waals surface area contributed by atoms with Gasteiger partial charge in [0.05, 0.1) is 33.0 Å². The van der Waals surface area contributed by atoms with Crippen LogP contribution in [0.5, 0.6) is 0 Å². The number of hydrogen-bond donors (Lipinski definition) is 0. The Bertz CT molecular complexity index is 836. The van der Waals surface area contributed by atoms with Gasteiger partial charge in [0.2, 0.25) is 0 Å². The zero-order valence-corrected chi connectivity index (χ0v) is 22.1. The number of aryl methyl sites for hydroxylation is 1. The van der Waals surface area contributed by atoms with E-state index in [4.69, 9.17) is 23.0 Å². The van der Waals surface area contributed by atoms with Crippen molar-refractivity contribution in [1.82, 2.24) is 0 Å². The maximum absolute atomic E-state index is 13.2. The molecule has 1 aromatic carbocycles. The van der Waals surface area contributed by atoms with Crippen molar-refractivity contribution in [2.45, 2.75) is 65.9 Å². The molecule has 0 saturated heterocycles. The van der Waals surface area contributed by atoms with E-state index in [1.54, 1.807) is 13.8 Å². The summed E-state index contributed by atoms with van der Waals surface area (Å²) in [6.07, 6.45) is 4.00. The summed E-state index contributed by atoms with van der Waals surface area (Å²) in [5, 5.41) is 0. The normalized spacial score (nSPS) is 11.2. The minimum absolute atomic E-state index is 0.109. The maximum Gasteiger partial charge on any atom is 0.475 e. The SMILES string of the molecule is C=C(C)C(=O)OCCCCCOP(=O)(OCCCCCOC(=O)C(=C)C)OCc1ccccc1C. The summed E-state index contributed by atoms with van der Waals surface area (Å²) in [5.41, 5.74) is 2.65. The lowest BCUT2D eigenvalue weighted by Gasteiger charge is -2.19. The van der Waals surface area contributed by atoms with Crippen molar-refractivity contribution in [1.29, 1.82) is 0 Å². The summed E-state index contributed by atoms with van der Waals surface area (Å²) in [6.45, 7) is 13.3. The Balaban J connectivity index is 2.42.